The second-order valence-electron chi connectivity index (χ2n) is 24.3. The van der Waals surface area contributed by atoms with Gasteiger partial charge >= 0.3 is 5.97 Å². The second kappa shape index (κ2) is 49.6. The second-order valence-corrected chi connectivity index (χ2v) is 24.3. The summed E-state index contributed by atoms with van der Waals surface area (Å²) in [6.07, 6.45) is 62.5. The molecule has 2 rings (SSSR count). The van der Waals surface area contributed by atoms with E-state index in [-0.39, 0.29) is 29.8 Å². The fourth-order valence-electron chi connectivity index (χ4n) is 12.3. The van der Waals surface area contributed by atoms with Crippen LogP contribution >= 0.6 is 0 Å². The summed E-state index contributed by atoms with van der Waals surface area (Å²) in [6.45, 7) is 14.0. The van der Waals surface area contributed by atoms with Crippen molar-refractivity contribution < 1.29 is 19.1 Å². The van der Waals surface area contributed by atoms with Crippen molar-refractivity contribution in [1.82, 2.24) is 15.1 Å². The molecule has 2 fully saturated rings. The number of rotatable bonds is 55. The number of hydrogen-bond acceptors (Lipinski definition) is 5. The van der Waals surface area contributed by atoms with E-state index in [0.29, 0.717) is 25.9 Å². The molecule has 0 aromatic carbocycles. The molecule has 7 heteroatoms. The number of ether oxygens (including phenoxy) is 1. The third kappa shape index (κ3) is 35.0. The van der Waals surface area contributed by atoms with Crippen LogP contribution in [0.5, 0.6) is 0 Å². The van der Waals surface area contributed by atoms with Crippen molar-refractivity contribution in [2.75, 3.05) is 32.7 Å². The average Bonchev–Trinajstić information content (AvgIpc) is 3.39. The van der Waals surface area contributed by atoms with E-state index in [9.17, 15) is 9.59 Å². The number of amides is 2. The molecule has 1 saturated carbocycles. The summed E-state index contributed by atoms with van der Waals surface area (Å²) in [6, 6.07) is 0. The van der Waals surface area contributed by atoms with Gasteiger partial charge in [0.2, 0.25) is 11.8 Å². The Morgan fingerprint density at radius 2 is 0.838 bits per heavy atom. The molecular weight excluding hydrogens is 911 g/mol. The van der Waals surface area contributed by atoms with E-state index < -0.39 is 5.54 Å². The lowest BCUT2D eigenvalue weighted by molar-refractivity contribution is -0.157. The Balaban J connectivity index is 2.04. The van der Waals surface area contributed by atoms with Crippen molar-refractivity contribution in [1.29, 1.82) is 0 Å². The number of hydrogen-bond donors (Lipinski definition) is 1. The van der Waals surface area contributed by atoms with E-state index >= 15 is 4.79 Å². The molecule has 0 radical (unpaired) electrons. The molecule has 74 heavy (non-hydrogen) atoms. The number of nitrogens with one attached hydrogen (secondary N) is 1. The Labute approximate surface area is 461 Å². The number of piperidine rings is 1. The van der Waals surface area contributed by atoms with Gasteiger partial charge < -0.3 is 19.9 Å². The maximum absolute atomic E-state index is 15.2. The Morgan fingerprint density at radius 1 is 0.446 bits per heavy atom. The smallest absolute Gasteiger partial charge is 0.306 e. The van der Waals surface area contributed by atoms with Crippen molar-refractivity contribution in [3.8, 4) is 0 Å². The van der Waals surface area contributed by atoms with Gasteiger partial charge in [-0.3, -0.25) is 14.4 Å². The molecular formula is C67H129N3O4. The summed E-state index contributed by atoms with van der Waals surface area (Å²) in [5.74, 6) is 0.275. The van der Waals surface area contributed by atoms with Gasteiger partial charge in [0.15, 0.2) is 0 Å². The molecule has 0 atom stereocenters. The number of unbranched alkanes of at least 4 members (excludes halogenated alkanes) is 35. The average molecular weight is 1040 g/mol. The normalized spacial score (nSPS) is 14.7. The van der Waals surface area contributed by atoms with E-state index in [1.807, 2.05) is 0 Å². The van der Waals surface area contributed by atoms with Crippen molar-refractivity contribution >= 4 is 17.8 Å². The summed E-state index contributed by atoms with van der Waals surface area (Å²) in [7, 11) is 0. The van der Waals surface area contributed by atoms with Crippen LogP contribution in [0.2, 0.25) is 0 Å². The summed E-state index contributed by atoms with van der Waals surface area (Å²) >= 11 is 0. The van der Waals surface area contributed by atoms with Crippen molar-refractivity contribution in [3.05, 3.63) is 0 Å². The van der Waals surface area contributed by atoms with Gasteiger partial charge in [0, 0.05) is 25.4 Å². The molecule has 1 aliphatic carbocycles. The molecule has 1 saturated heterocycles. The van der Waals surface area contributed by atoms with Crippen molar-refractivity contribution in [3.63, 3.8) is 0 Å². The number of carbonyl (C=O) groups is 3. The highest BCUT2D eigenvalue weighted by atomic mass is 16.5. The van der Waals surface area contributed by atoms with Crippen LogP contribution < -0.4 is 5.32 Å². The Bertz CT molecular complexity index is 1220. The van der Waals surface area contributed by atoms with Gasteiger partial charge in [0.05, 0.1) is 0 Å². The van der Waals surface area contributed by atoms with Crippen LogP contribution in [-0.2, 0) is 19.1 Å². The van der Waals surface area contributed by atoms with Crippen LogP contribution in [0.4, 0.5) is 0 Å². The lowest BCUT2D eigenvalue weighted by atomic mass is 9.73. The molecule has 0 bridgehead atoms. The molecule has 1 heterocycles. The van der Waals surface area contributed by atoms with Crippen LogP contribution in [0.1, 0.15) is 362 Å². The van der Waals surface area contributed by atoms with Gasteiger partial charge in [-0.15, -0.1) is 0 Å². The van der Waals surface area contributed by atoms with E-state index in [1.54, 1.807) is 0 Å². The van der Waals surface area contributed by atoms with E-state index in [1.165, 1.54) is 244 Å². The van der Waals surface area contributed by atoms with Gasteiger partial charge in [-0.25, -0.2) is 0 Å². The highest BCUT2D eigenvalue weighted by Gasteiger charge is 2.51. The fourth-order valence-corrected chi connectivity index (χ4v) is 12.3. The monoisotopic (exact) mass is 1040 g/mol. The number of nitrogens with zero attached hydrogens (tertiary/aromatic N) is 2. The zero-order valence-electron chi connectivity index (χ0n) is 50.5. The number of likely N-dealkylation sites (tertiary alicyclic amines) is 1. The molecule has 1 N–H and O–H groups in total. The van der Waals surface area contributed by atoms with Gasteiger partial charge in [0.1, 0.15) is 11.6 Å². The maximum atomic E-state index is 15.2. The lowest BCUT2D eigenvalue weighted by Gasteiger charge is -2.50. The van der Waals surface area contributed by atoms with Crippen LogP contribution in [0, 0.1) is 5.92 Å². The molecule has 2 amide bonds. The van der Waals surface area contributed by atoms with Crippen molar-refractivity contribution in [2.24, 2.45) is 5.92 Å². The van der Waals surface area contributed by atoms with Crippen LogP contribution in [0.25, 0.3) is 0 Å². The molecule has 0 spiro atoms. The quantitative estimate of drug-likeness (QED) is 0.0485. The predicted octanol–water partition coefficient (Wildman–Crippen LogP) is 19.9. The largest absolute Gasteiger partial charge is 0.462 e. The molecule has 0 aromatic heterocycles. The molecule has 7 nitrogen and oxygen atoms in total. The minimum atomic E-state index is -0.728. The van der Waals surface area contributed by atoms with Crippen LogP contribution in [0.3, 0.4) is 0 Å². The zero-order valence-corrected chi connectivity index (χ0v) is 50.5. The van der Waals surface area contributed by atoms with Crippen molar-refractivity contribution in [2.45, 2.75) is 373 Å². The topological polar surface area (TPSA) is 79.0 Å². The Kier molecular flexibility index (Phi) is 45.9. The summed E-state index contributed by atoms with van der Waals surface area (Å²) < 4.78 is 6.16. The SMILES string of the molecule is CCCCCCCCCCCCCCC(CCCCCCCCCCCCCC)C(=O)N(CCCCCN1CCCCC1)C1(C(=O)NCCCCC(=O)OC(CCCCCCCC)CCCCCCCC)CCC1. The third-order valence-electron chi connectivity index (χ3n) is 17.5. The number of esters is 1. The Hall–Kier alpha value is -1.63. The maximum Gasteiger partial charge on any atom is 0.306 e. The zero-order chi connectivity index (χ0) is 53.3. The van der Waals surface area contributed by atoms with E-state index in [0.717, 1.165) is 96.4 Å². The fraction of sp³-hybridized carbons (Fsp3) is 0.955. The number of carbonyl (C=O) groups excluding carboxylic acids is 3. The molecule has 0 aromatic rings. The first-order valence-electron chi connectivity index (χ1n) is 33.9. The molecule has 2 aliphatic rings. The molecule has 1 aliphatic heterocycles. The van der Waals surface area contributed by atoms with Crippen LogP contribution in [-0.4, -0.2) is 72.0 Å². The summed E-state index contributed by atoms with van der Waals surface area (Å²) in [4.78, 5) is 47.8. The first kappa shape index (κ1) is 68.5. The first-order valence-corrected chi connectivity index (χ1v) is 33.9. The van der Waals surface area contributed by atoms with Gasteiger partial charge in [-0.05, 0) is 116 Å². The molecule has 0 unspecified atom stereocenters. The first-order chi connectivity index (χ1) is 36.4. The summed E-state index contributed by atoms with van der Waals surface area (Å²) in [5, 5.41) is 3.35. The third-order valence-corrected chi connectivity index (χ3v) is 17.5. The minimum Gasteiger partial charge on any atom is -0.462 e. The van der Waals surface area contributed by atoms with Gasteiger partial charge in [-0.2, -0.15) is 0 Å². The standard InChI is InChI=1S/C67H129N3O4/c1-5-9-13-17-21-23-25-27-29-31-33-39-50-62(51-40-34-32-30-28-26-24-22-18-14-10-6-2)65(72)70(61-48-38-47-60-69-58-45-37-46-59-69)67(55-49-56-67)66(73)68-57-44-43-54-64(71)74-63(52-41-35-19-15-11-7-3)53-42-36-20-16-12-8-4/h62-63H,5-61H2,1-4H3,(H,68,73). The van der Waals surface area contributed by atoms with Gasteiger partial charge in [0.25, 0.3) is 0 Å². The minimum absolute atomic E-state index is 0.0109. The summed E-state index contributed by atoms with van der Waals surface area (Å²) in [5.41, 5.74) is -0.728. The van der Waals surface area contributed by atoms with Gasteiger partial charge in [-0.1, -0.05) is 259 Å². The van der Waals surface area contributed by atoms with E-state index in [4.69, 9.17) is 4.74 Å². The lowest BCUT2D eigenvalue weighted by Crippen LogP contribution is -2.65. The Morgan fingerprint density at radius 3 is 1.24 bits per heavy atom. The predicted molar refractivity (Wildman–Crippen MR) is 320 cm³/mol. The highest BCUT2D eigenvalue weighted by molar-refractivity contribution is 5.93. The molecule has 436 valence electrons. The van der Waals surface area contributed by atoms with Crippen LogP contribution in [0.15, 0.2) is 0 Å². The van der Waals surface area contributed by atoms with E-state index in [2.05, 4.69) is 42.8 Å². The highest BCUT2D eigenvalue weighted by Crippen LogP contribution is 2.40.